The number of benzene rings is 2. The monoisotopic (exact) mass is 381 g/mol. The van der Waals surface area contributed by atoms with E-state index in [4.69, 9.17) is 4.74 Å². The molecule has 0 aromatic heterocycles. The van der Waals surface area contributed by atoms with Crippen molar-refractivity contribution in [3.05, 3.63) is 65.7 Å². The molecule has 28 heavy (non-hydrogen) atoms. The van der Waals surface area contributed by atoms with E-state index < -0.39 is 5.97 Å². The van der Waals surface area contributed by atoms with Crippen molar-refractivity contribution in [3.63, 3.8) is 0 Å². The minimum atomic E-state index is -0.397. The van der Waals surface area contributed by atoms with Crippen molar-refractivity contribution in [2.45, 2.75) is 20.4 Å². The molecular weight excluding hydrogens is 358 g/mol. The maximum atomic E-state index is 12.1. The number of ether oxygens (including phenoxy) is 1. The first-order valence-corrected chi connectivity index (χ1v) is 8.82. The van der Waals surface area contributed by atoms with Crippen molar-refractivity contribution in [1.29, 1.82) is 0 Å². The van der Waals surface area contributed by atoms with E-state index in [1.54, 1.807) is 49.4 Å². The fourth-order valence-corrected chi connectivity index (χ4v) is 2.35. The van der Waals surface area contributed by atoms with E-state index in [0.717, 1.165) is 11.1 Å². The van der Waals surface area contributed by atoms with Crippen molar-refractivity contribution in [1.82, 2.24) is 5.32 Å². The molecule has 0 heterocycles. The van der Waals surface area contributed by atoms with Crippen LogP contribution in [0.25, 0.3) is 6.08 Å². The van der Waals surface area contributed by atoms with Gasteiger partial charge in [0, 0.05) is 30.9 Å². The molecule has 0 aliphatic rings. The van der Waals surface area contributed by atoms with Crippen LogP contribution in [-0.2, 0) is 20.9 Å². The van der Waals surface area contributed by atoms with Crippen LogP contribution in [0.5, 0.6) is 0 Å². The molecule has 146 valence electrons. The number of anilines is 2. The summed E-state index contributed by atoms with van der Waals surface area (Å²) >= 11 is 0. The van der Waals surface area contributed by atoms with E-state index in [1.807, 2.05) is 12.1 Å². The number of nitrogens with one attached hydrogen (secondary N) is 3. The van der Waals surface area contributed by atoms with Crippen LogP contribution in [0.2, 0.25) is 0 Å². The van der Waals surface area contributed by atoms with Gasteiger partial charge < -0.3 is 20.7 Å². The molecule has 2 aromatic rings. The minimum Gasteiger partial charge on any atom is -0.463 e. The lowest BCUT2D eigenvalue weighted by atomic mass is 10.2. The van der Waals surface area contributed by atoms with E-state index in [-0.39, 0.29) is 11.9 Å². The Morgan fingerprint density at radius 1 is 1.00 bits per heavy atom. The maximum Gasteiger partial charge on any atom is 0.330 e. The normalized spacial score (nSPS) is 10.4. The van der Waals surface area contributed by atoms with Crippen molar-refractivity contribution in [2.24, 2.45) is 0 Å². The third kappa shape index (κ3) is 7.33. The SMILES string of the molecule is CCOC(=O)/C=C/c1ccc(NC(=O)NCc2cccc(NC(C)=O)c2)cc1. The number of hydrogen-bond donors (Lipinski definition) is 3. The lowest BCUT2D eigenvalue weighted by Crippen LogP contribution is -2.28. The number of carbonyl (C=O) groups is 3. The quantitative estimate of drug-likeness (QED) is 0.505. The van der Waals surface area contributed by atoms with E-state index in [1.165, 1.54) is 13.0 Å². The lowest BCUT2D eigenvalue weighted by molar-refractivity contribution is -0.137. The van der Waals surface area contributed by atoms with Crippen LogP contribution in [0.1, 0.15) is 25.0 Å². The molecule has 7 heteroatoms. The summed E-state index contributed by atoms with van der Waals surface area (Å²) in [5, 5.41) is 8.20. The first kappa shape index (κ1) is 20.7. The van der Waals surface area contributed by atoms with Gasteiger partial charge in [0.1, 0.15) is 0 Å². The summed E-state index contributed by atoms with van der Waals surface area (Å²) in [6.07, 6.45) is 3.00. The van der Waals surface area contributed by atoms with Crippen LogP contribution in [0.15, 0.2) is 54.6 Å². The average Bonchev–Trinajstić information content (AvgIpc) is 2.66. The molecule has 0 bridgehead atoms. The molecule has 2 rings (SSSR count). The molecule has 7 nitrogen and oxygen atoms in total. The summed E-state index contributed by atoms with van der Waals surface area (Å²) in [4.78, 5) is 34.5. The molecule has 0 saturated heterocycles. The lowest BCUT2D eigenvalue weighted by Gasteiger charge is -2.09. The van der Waals surface area contributed by atoms with Gasteiger partial charge in [0.25, 0.3) is 0 Å². The smallest absolute Gasteiger partial charge is 0.330 e. The van der Waals surface area contributed by atoms with Gasteiger partial charge in [-0.25, -0.2) is 9.59 Å². The van der Waals surface area contributed by atoms with Gasteiger partial charge in [-0.2, -0.15) is 0 Å². The first-order valence-electron chi connectivity index (χ1n) is 8.82. The van der Waals surface area contributed by atoms with Gasteiger partial charge in [-0.3, -0.25) is 4.79 Å². The summed E-state index contributed by atoms with van der Waals surface area (Å²) in [5.41, 5.74) is 2.98. The average molecular weight is 381 g/mol. The second-order valence-corrected chi connectivity index (χ2v) is 5.90. The van der Waals surface area contributed by atoms with Crippen LogP contribution in [0, 0.1) is 0 Å². The largest absolute Gasteiger partial charge is 0.463 e. The van der Waals surface area contributed by atoms with Gasteiger partial charge in [0.2, 0.25) is 5.91 Å². The molecule has 3 N–H and O–H groups in total. The third-order valence-corrected chi connectivity index (χ3v) is 3.57. The molecule has 0 atom stereocenters. The number of amides is 3. The predicted octanol–water partition coefficient (Wildman–Crippen LogP) is 3.54. The molecule has 0 fully saturated rings. The van der Waals surface area contributed by atoms with E-state index >= 15 is 0 Å². The molecule has 3 amide bonds. The zero-order valence-electron chi connectivity index (χ0n) is 15.8. The molecule has 0 saturated carbocycles. The van der Waals surface area contributed by atoms with Crippen molar-refractivity contribution in [3.8, 4) is 0 Å². The molecule has 0 aliphatic heterocycles. The van der Waals surface area contributed by atoms with Gasteiger partial charge in [-0.15, -0.1) is 0 Å². The number of hydrogen-bond acceptors (Lipinski definition) is 4. The Kier molecular flexibility index (Phi) is 7.77. The van der Waals surface area contributed by atoms with Crippen LogP contribution in [0.4, 0.5) is 16.2 Å². The van der Waals surface area contributed by atoms with Crippen LogP contribution < -0.4 is 16.0 Å². The highest BCUT2D eigenvalue weighted by Crippen LogP contribution is 2.12. The van der Waals surface area contributed by atoms with Crippen molar-refractivity contribution in [2.75, 3.05) is 17.2 Å². The zero-order chi connectivity index (χ0) is 20.4. The van der Waals surface area contributed by atoms with Gasteiger partial charge >= 0.3 is 12.0 Å². The number of rotatable bonds is 7. The number of urea groups is 1. The highest BCUT2D eigenvalue weighted by atomic mass is 16.5. The Morgan fingerprint density at radius 3 is 2.43 bits per heavy atom. The van der Waals surface area contributed by atoms with Gasteiger partial charge in [-0.05, 0) is 48.4 Å². The summed E-state index contributed by atoms with van der Waals surface area (Å²) in [7, 11) is 0. The summed E-state index contributed by atoms with van der Waals surface area (Å²) in [5.74, 6) is -0.546. The topological polar surface area (TPSA) is 96.5 Å². The van der Waals surface area contributed by atoms with E-state index in [9.17, 15) is 14.4 Å². The summed E-state index contributed by atoms with van der Waals surface area (Å²) < 4.78 is 4.82. The molecule has 0 radical (unpaired) electrons. The van der Waals surface area contributed by atoms with Gasteiger partial charge in [-0.1, -0.05) is 24.3 Å². The second-order valence-electron chi connectivity index (χ2n) is 5.90. The van der Waals surface area contributed by atoms with Crippen molar-refractivity contribution >= 4 is 35.4 Å². The Balaban J connectivity index is 1.84. The van der Waals surface area contributed by atoms with Crippen molar-refractivity contribution < 1.29 is 19.1 Å². The first-order chi connectivity index (χ1) is 13.5. The zero-order valence-corrected chi connectivity index (χ0v) is 15.8. The van der Waals surface area contributed by atoms with E-state index in [2.05, 4.69) is 16.0 Å². The minimum absolute atomic E-state index is 0.150. The standard InChI is InChI=1S/C21H23N3O4/c1-3-28-20(26)12-9-16-7-10-18(11-8-16)24-21(27)22-14-17-5-4-6-19(13-17)23-15(2)25/h4-13H,3,14H2,1-2H3,(H,23,25)(H2,22,24,27)/b12-9+. The molecule has 0 aliphatic carbocycles. The predicted molar refractivity (Wildman–Crippen MR) is 109 cm³/mol. The molecular formula is C21H23N3O4. The highest BCUT2D eigenvalue weighted by molar-refractivity contribution is 5.90. The Labute approximate surface area is 163 Å². The highest BCUT2D eigenvalue weighted by Gasteiger charge is 2.03. The van der Waals surface area contributed by atoms with Crippen LogP contribution in [0.3, 0.4) is 0 Å². The summed E-state index contributed by atoms with van der Waals surface area (Å²) in [6.45, 7) is 3.84. The Bertz CT molecular complexity index is 860. The van der Waals surface area contributed by atoms with E-state index in [0.29, 0.717) is 24.5 Å². The molecule has 0 spiro atoms. The van der Waals surface area contributed by atoms with Crippen LogP contribution in [-0.4, -0.2) is 24.5 Å². The molecule has 0 unspecified atom stereocenters. The maximum absolute atomic E-state index is 12.1. The van der Waals surface area contributed by atoms with Gasteiger partial charge in [0.15, 0.2) is 0 Å². The Hall–Kier alpha value is -3.61. The fraction of sp³-hybridized carbons (Fsp3) is 0.190. The second kappa shape index (κ2) is 10.5. The summed E-state index contributed by atoms with van der Waals surface area (Å²) in [6, 6.07) is 13.9. The third-order valence-electron chi connectivity index (χ3n) is 3.57. The Morgan fingerprint density at radius 2 is 1.75 bits per heavy atom. The molecule has 2 aromatic carbocycles. The van der Waals surface area contributed by atoms with Crippen LogP contribution >= 0.6 is 0 Å². The number of esters is 1. The fourth-order valence-electron chi connectivity index (χ4n) is 2.35. The number of carbonyl (C=O) groups excluding carboxylic acids is 3. The van der Waals surface area contributed by atoms with Gasteiger partial charge in [0.05, 0.1) is 6.61 Å².